The topological polar surface area (TPSA) is 98.5 Å². The fourth-order valence-electron chi connectivity index (χ4n) is 1.08. The van der Waals surface area contributed by atoms with E-state index in [0.29, 0.717) is 13.2 Å². The van der Waals surface area contributed by atoms with Crippen LogP contribution in [0.2, 0.25) is 0 Å². The number of ether oxygens (including phenoxy) is 1. The van der Waals surface area contributed by atoms with Crippen LogP contribution in [0.4, 0.5) is 0 Å². The van der Waals surface area contributed by atoms with E-state index in [-0.39, 0.29) is 16.5 Å². The third-order valence-corrected chi connectivity index (χ3v) is 4.43. The van der Waals surface area contributed by atoms with E-state index in [1.54, 1.807) is 6.07 Å². The Morgan fingerprint density at radius 2 is 2.24 bits per heavy atom. The molecule has 0 aliphatic carbocycles. The third kappa shape index (κ3) is 4.82. The number of methoxy groups -OCH3 is 1. The molecule has 6 nitrogen and oxygen atoms in total. The number of thiophene rings is 1. The van der Waals surface area contributed by atoms with Gasteiger partial charge in [0.05, 0.1) is 13.2 Å². The maximum Gasteiger partial charge on any atom is 0.247 e. The molecule has 0 aliphatic heterocycles. The minimum Gasteiger partial charge on any atom is -0.384 e. The van der Waals surface area contributed by atoms with E-state index in [0.717, 1.165) is 16.2 Å². The molecule has 0 saturated carbocycles. The molecule has 0 aromatic carbocycles. The van der Waals surface area contributed by atoms with Crippen molar-refractivity contribution in [1.82, 2.24) is 5.32 Å². The summed E-state index contributed by atoms with van der Waals surface area (Å²) in [7, 11) is -2.13. The number of sulfonamides is 1. The fourth-order valence-corrected chi connectivity index (χ4v) is 2.79. The first-order chi connectivity index (χ1) is 7.93. The Hall–Kier alpha value is -0.960. The maximum atomic E-state index is 11.2. The number of carbonyl (C=O) groups is 1. The molecule has 17 heavy (non-hydrogen) atoms. The Kier molecular flexibility index (Phi) is 5.06. The van der Waals surface area contributed by atoms with Gasteiger partial charge in [0.25, 0.3) is 0 Å². The molecule has 8 heteroatoms. The predicted molar refractivity (Wildman–Crippen MR) is 64.0 cm³/mol. The molecule has 0 atom stereocenters. The summed E-state index contributed by atoms with van der Waals surface area (Å²) in [6.07, 6.45) is 0.282. The van der Waals surface area contributed by atoms with Crippen molar-refractivity contribution in [2.24, 2.45) is 5.14 Å². The van der Waals surface area contributed by atoms with Crippen molar-refractivity contribution >= 4 is 27.3 Å². The van der Waals surface area contributed by atoms with Crippen LogP contribution in [0.5, 0.6) is 0 Å². The zero-order valence-corrected chi connectivity index (χ0v) is 10.9. The van der Waals surface area contributed by atoms with E-state index in [9.17, 15) is 13.2 Å². The van der Waals surface area contributed by atoms with Gasteiger partial charge in [-0.3, -0.25) is 4.79 Å². The molecule has 0 bridgehead atoms. The number of carbonyl (C=O) groups excluding carboxylic acids is 1. The maximum absolute atomic E-state index is 11.2. The number of nitrogens with one attached hydrogen (secondary N) is 1. The van der Waals surface area contributed by atoms with Crippen molar-refractivity contribution in [3.8, 4) is 0 Å². The van der Waals surface area contributed by atoms with Crippen molar-refractivity contribution < 1.29 is 17.9 Å². The predicted octanol–water partition coefficient (Wildman–Crippen LogP) is 0.0482. The van der Waals surface area contributed by atoms with Crippen LogP contribution in [0, 0.1) is 0 Å². The first kappa shape index (κ1) is 14.1. The monoisotopic (exact) mass is 278 g/mol. The highest BCUT2D eigenvalue weighted by Crippen LogP contribution is 2.19. The molecule has 1 heterocycles. The lowest BCUT2D eigenvalue weighted by Crippen LogP contribution is -2.23. The summed E-state index contributed by atoms with van der Waals surface area (Å²) in [6.45, 7) is 0.654. The van der Waals surface area contributed by atoms with Crippen LogP contribution >= 0.6 is 11.3 Å². The number of amides is 1. The van der Waals surface area contributed by atoms with Gasteiger partial charge in [0, 0.05) is 18.4 Å². The van der Waals surface area contributed by atoms with Gasteiger partial charge >= 0.3 is 0 Å². The van der Waals surface area contributed by atoms with Gasteiger partial charge in [-0.25, -0.2) is 13.6 Å². The number of primary sulfonamides is 1. The van der Waals surface area contributed by atoms with E-state index in [4.69, 9.17) is 9.88 Å². The van der Waals surface area contributed by atoms with Crippen LogP contribution in [0.15, 0.2) is 16.3 Å². The summed E-state index contributed by atoms with van der Waals surface area (Å²) in [6, 6.07) is 3.05. The quantitative estimate of drug-likeness (QED) is 0.768. The fraction of sp³-hybridized carbons (Fsp3) is 0.444. The summed E-state index contributed by atoms with van der Waals surface area (Å²) < 4.78 is 26.9. The molecule has 0 radical (unpaired) electrons. The largest absolute Gasteiger partial charge is 0.384 e. The number of rotatable bonds is 6. The second-order valence-electron chi connectivity index (χ2n) is 3.29. The molecule has 0 saturated heterocycles. The Morgan fingerprint density at radius 1 is 1.53 bits per heavy atom. The molecule has 0 aliphatic rings. The van der Waals surface area contributed by atoms with Gasteiger partial charge in [-0.05, 0) is 12.1 Å². The van der Waals surface area contributed by atoms with Crippen LogP contribution in [-0.2, 0) is 26.1 Å². The van der Waals surface area contributed by atoms with Crippen LogP contribution in [0.1, 0.15) is 11.3 Å². The van der Waals surface area contributed by atoms with Crippen molar-refractivity contribution in [3.05, 3.63) is 17.0 Å². The summed E-state index contributed by atoms with van der Waals surface area (Å²) in [5.41, 5.74) is 0. The first-order valence-corrected chi connectivity index (χ1v) is 7.17. The van der Waals surface area contributed by atoms with Gasteiger partial charge in [-0.1, -0.05) is 0 Å². The Labute approximate surface area is 104 Å². The highest BCUT2D eigenvalue weighted by atomic mass is 32.2. The van der Waals surface area contributed by atoms with Gasteiger partial charge < -0.3 is 10.1 Å². The summed E-state index contributed by atoms with van der Waals surface area (Å²) in [4.78, 5) is 12.0. The molecule has 96 valence electrons. The zero-order valence-electron chi connectivity index (χ0n) is 9.30. The molecule has 0 fully saturated rings. The smallest absolute Gasteiger partial charge is 0.247 e. The second-order valence-corrected chi connectivity index (χ2v) is 6.24. The average molecular weight is 278 g/mol. The van der Waals surface area contributed by atoms with Gasteiger partial charge in [0.15, 0.2) is 0 Å². The molecular weight excluding hydrogens is 264 g/mol. The Bertz CT molecular complexity index is 481. The lowest BCUT2D eigenvalue weighted by atomic mass is 10.4. The van der Waals surface area contributed by atoms with Gasteiger partial charge in [0.2, 0.25) is 15.9 Å². The van der Waals surface area contributed by atoms with Crippen molar-refractivity contribution in [2.45, 2.75) is 17.2 Å². The summed E-state index contributed by atoms with van der Waals surface area (Å²) >= 11 is 1.05. The van der Waals surface area contributed by atoms with Crippen molar-refractivity contribution in [2.75, 3.05) is 13.7 Å². The van der Waals surface area contributed by atoms with Crippen molar-refractivity contribution in [1.29, 1.82) is 0 Å². The van der Waals surface area contributed by atoms with Crippen LogP contribution in [0.25, 0.3) is 0 Å². The molecule has 3 N–H and O–H groups in total. The lowest BCUT2D eigenvalue weighted by molar-refractivity contribution is -0.122. The number of hydrogen-bond donors (Lipinski definition) is 2. The van der Waals surface area contributed by atoms with E-state index in [1.807, 2.05) is 0 Å². The first-order valence-electron chi connectivity index (χ1n) is 4.80. The van der Waals surface area contributed by atoms with Crippen LogP contribution in [-0.4, -0.2) is 28.0 Å². The molecule has 1 aromatic rings. The molecule has 0 unspecified atom stereocenters. The lowest BCUT2D eigenvalue weighted by Gasteiger charge is -2.02. The van der Waals surface area contributed by atoms with Gasteiger partial charge in [-0.2, -0.15) is 0 Å². The summed E-state index contributed by atoms with van der Waals surface area (Å²) in [5, 5.41) is 7.62. The second kappa shape index (κ2) is 6.10. The average Bonchev–Trinajstić information content (AvgIpc) is 2.71. The molecule has 1 rings (SSSR count). The van der Waals surface area contributed by atoms with E-state index < -0.39 is 10.0 Å². The minimum atomic E-state index is -3.65. The molecule has 1 aromatic heterocycles. The van der Waals surface area contributed by atoms with E-state index >= 15 is 0 Å². The molecular formula is C9H14N2O4S2. The highest BCUT2D eigenvalue weighted by molar-refractivity contribution is 7.91. The number of nitrogens with two attached hydrogens (primary N) is 1. The third-order valence-electron chi connectivity index (χ3n) is 1.91. The van der Waals surface area contributed by atoms with Crippen molar-refractivity contribution in [3.63, 3.8) is 0 Å². The SMILES string of the molecule is COCCC(=O)NCc1ccc(S(N)(=O)=O)s1. The van der Waals surface area contributed by atoms with Crippen LogP contribution < -0.4 is 10.5 Å². The zero-order chi connectivity index (χ0) is 12.9. The van der Waals surface area contributed by atoms with Gasteiger partial charge in [0.1, 0.15) is 4.21 Å². The van der Waals surface area contributed by atoms with Crippen LogP contribution in [0.3, 0.4) is 0 Å². The standard InChI is InChI=1S/C9H14N2O4S2/c1-15-5-4-8(12)11-6-7-2-3-9(16-7)17(10,13)14/h2-3H,4-6H2,1H3,(H,11,12)(H2,10,13,14). The Morgan fingerprint density at radius 3 is 2.76 bits per heavy atom. The van der Waals surface area contributed by atoms with Gasteiger partial charge in [-0.15, -0.1) is 11.3 Å². The molecule has 1 amide bonds. The minimum absolute atomic E-state index is 0.0960. The molecule has 0 spiro atoms. The van der Waals surface area contributed by atoms with E-state index in [2.05, 4.69) is 5.32 Å². The normalized spacial score (nSPS) is 11.4. The Balaban J connectivity index is 2.48. The number of hydrogen-bond acceptors (Lipinski definition) is 5. The van der Waals surface area contributed by atoms with E-state index in [1.165, 1.54) is 13.2 Å². The highest BCUT2D eigenvalue weighted by Gasteiger charge is 2.11. The summed E-state index contributed by atoms with van der Waals surface area (Å²) in [5.74, 6) is -0.141.